The Balaban J connectivity index is 1.79. The zero-order valence-corrected chi connectivity index (χ0v) is 13.7. The van der Waals surface area contributed by atoms with Crippen LogP contribution in [0.3, 0.4) is 0 Å². The van der Waals surface area contributed by atoms with Gasteiger partial charge >= 0.3 is 5.69 Å². The number of aliphatic hydroxyl groups excluding tert-OH is 1. The molecule has 7 heteroatoms. The lowest BCUT2D eigenvalue weighted by molar-refractivity contribution is -0.385. The minimum absolute atomic E-state index is 0.0668. The van der Waals surface area contributed by atoms with Gasteiger partial charge in [-0.05, 0) is 38.2 Å². The summed E-state index contributed by atoms with van der Waals surface area (Å²) in [6, 6.07) is 6.36. The fourth-order valence-corrected chi connectivity index (χ4v) is 3.06. The monoisotopic (exact) mass is 336 g/mol. The molecule has 0 radical (unpaired) electrons. The Bertz CT molecular complexity index is 562. The van der Waals surface area contributed by atoms with Gasteiger partial charge in [0.1, 0.15) is 0 Å². The summed E-state index contributed by atoms with van der Waals surface area (Å²) in [5, 5.41) is 20.0. The summed E-state index contributed by atoms with van der Waals surface area (Å²) in [5.41, 5.74) is -0.0668. The Kier molecular flexibility index (Phi) is 6.99. The van der Waals surface area contributed by atoms with Crippen LogP contribution in [-0.2, 0) is 4.79 Å². The molecule has 1 aliphatic rings. The van der Waals surface area contributed by atoms with Crippen molar-refractivity contribution in [1.82, 2.24) is 4.90 Å². The zero-order valence-electron chi connectivity index (χ0n) is 13.7. The molecular weight excluding hydrogens is 312 g/mol. The normalized spacial score (nSPS) is 17.5. The number of carbonyl (C=O) groups is 1. The molecule has 1 fully saturated rings. The quantitative estimate of drug-likeness (QED) is 0.447. The van der Waals surface area contributed by atoms with Crippen molar-refractivity contribution in [2.24, 2.45) is 0 Å². The van der Waals surface area contributed by atoms with Gasteiger partial charge in [-0.15, -0.1) is 0 Å². The van der Waals surface area contributed by atoms with Crippen molar-refractivity contribution in [3.63, 3.8) is 0 Å². The molecule has 1 aromatic rings. The molecule has 1 saturated heterocycles. The second-order valence-electron chi connectivity index (χ2n) is 5.93. The Hall–Kier alpha value is -2.15. The van der Waals surface area contributed by atoms with Crippen molar-refractivity contribution in [1.29, 1.82) is 0 Å². The zero-order chi connectivity index (χ0) is 17.4. The first-order valence-corrected chi connectivity index (χ1v) is 8.40. The first kappa shape index (κ1) is 18.2. The molecule has 1 heterocycles. The van der Waals surface area contributed by atoms with Crippen LogP contribution >= 0.6 is 0 Å². The lowest BCUT2D eigenvalue weighted by Crippen LogP contribution is -2.44. The van der Waals surface area contributed by atoms with E-state index in [-0.39, 0.29) is 36.6 Å². The minimum atomic E-state index is -0.478. The molecule has 7 nitrogen and oxygen atoms in total. The highest BCUT2D eigenvalue weighted by molar-refractivity contribution is 5.76. The van der Waals surface area contributed by atoms with Crippen molar-refractivity contribution in [2.45, 2.75) is 44.6 Å². The molecule has 0 aromatic heterocycles. The molecule has 0 saturated carbocycles. The molecule has 1 unspecified atom stereocenters. The number of nitro groups is 1. The summed E-state index contributed by atoms with van der Waals surface area (Å²) < 4.78 is 5.46. The van der Waals surface area contributed by atoms with Crippen LogP contribution in [0.15, 0.2) is 24.3 Å². The van der Waals surface area contributed by atoms with Gasteiger partial charge in [0.05, 0.1) is 11.5 Å². The third-order valence-corrected chi connectivity index (χ3v) is 4.26. The number of hydrogen-bond donors (Lipinski definition) is 1. The van der Waals surface area contributed by atoms with Crippen LogP contribution in [0.1, 0.15) is 38.5 Å². The Labute approximate surface area is 141 Å². The molecule has 0 aliphatic carbocycles. The van der Waals surface area contributed by atoms with E-state index >= 15 is 0 Å². The lowest BCUT2D eigenvalue weighted by atomic mass is 9.99. The number of nitrogens with zero attached hydrogens (tertiary/aromatic N) is 2. The van der Waals surface area contributed by atoms with E-state index < -0.39 is 4.92 Å². The van der Waals surface area contributed by atoms with Crippen LogP contribution in [0, 0.1) is 10.1 Å². The van der Waals surface area contributed by atoms with Crippen molar-refractivity contribution in [3.8, 4) is 5.75 Å². The molecule has 1 N–H and O–H groups in total. The van der Waals surface area contributed by atoms with Crippen LogP contribution in [0.25, 0.3) is 0 Å². The maximum atomic E-state index is 12.4. The summed E-state index contributed by atoms with van der Waals surface area (Å²) in [7, 11) is 0. The van der Waals surface area contributed by atoms with Gasteiger partial charge in [0, 0.05) is 31.7 Å². The van der Waals surface area contributed by atoms with E-state index in [1.54, 1.807) is 18.2 Å². The Morgan fingerprint density at radius 3 is 2.92 bits per heavy atom. The molecule has 2 rings (SSSR count). The van der Waals surface area contributed by atoms with Gasteiger partial charge in [-0.25, -0.2) is 0 Å². The SMILES string of the molecule is O=C(CCCOc1ccccc1[N+](=O)[O-])N1CCCCC1CCO. The lowest BCUT2D eigenvalue weighted by Gasteiger charge is -2.35. The number of likely N-dealkylation sites (tertiary alicyclic amines) is 1. The average Bonchev–Trinajstić information content (AvgIpc) is 2.59. The number of amides is 1. The summed E-state index contributed by atoms with van der Waals surface area (Å²) in [6.07, 6.45) is 4.52. The van der Waals surface area contributed by atoms with Crippen molar-refractivity contribution in [3.05, 3.63) is 34.4 Å². The van der Waals surface area contributed by atoms with E-state index in [0.717, 1.165) is 25.8 Å². The van der Waals surface area contributed by atoms with Gasteiger partial charge in [0.15, 0.2) is 5.75 Å². The first-order chi connectivity index (χ1) is 11.6. The fraction of sp³-hybridized carbons (Fsp3) is 0.588. The van der Waals surface area contributed by atoms with Gasteiger partial charge in [-0.2, -0.15) is 0 Å². The van der Waals surface area contributed by atoms with Gasteiger partial charge in [-0.1, -0.05) is 12.1 Å². The smallest absolute Gasteiger partial charge is 0.310 e. The molecule has 0 bridgehead atoms. The number of aliphatic hydroxyl groups is 1. The predicted molar refractivity (Wildman–Crippen MR) is 88.9 cm³/mol. The topological polar surface area (TPSA) is 92.9 Å². The third-order valence-electron chi connectivity index (χ3n) is 4.26. The van der Waals surface area contributed by atoms with Crippen LogP contribution in [0.2, 0.25) is 0 Å². The van der Waals surface area contributed by atoms with Crippen molar-refractivity contribution < 1.29 is 19.6 Å². The highest BCUT2D eigenvalue weighted by Gasteiger charge is 2.25. The minimum Gasteiger partial charge on any atom is -0.487 e. The Morgan fingerprint density at radius 2 is 2.17 bits per heavy atom. The van der Waals surface area contributed by atoms with Crippen LogP contribution in [0.4, 0.5) is 5.69 Å². The van der Waals surface area contributed by atoms with Crippen LogP contribution in [0.5, 0.6) is 5.75 Å². The van der Waals surface area contributed by atoms with Gasteiger partial charge in [-0.3, -0.25) is 14.9 Å². The summed E-state index contributed by atoms with van der Waals surface area (Å²) in [5.74, 6) is 0.297. The highest BCUT2D eigenvalue weighted by Crippen LogP contribution is 2.26. The predicted octanol–water partition coefficient (Wildman–Crippen LogP) is 2.52. The maximum absolute atomic E-state index is 12.4. The molecule has 1 aliphatic heterocycles. The van der Waals surface area contributed by atoms with Crippen molar-refractivity contribution in [2.75, 3.05) is 19.8 Å². The van der Waals surface area contributed by atoms with Gasteiger partial charge in [0.2, 0.25) is 5.91 Å². The van der Waals surface area contributed by atoms with E-state index in [1.165, 1.54) is 6.07 Å². The third kappa shape index (κ3) is 4.92. The molecule has 1 amide bonds. The number of ether oxygens (including phenoxy) is 1. The van der Waals surface area contributed by atoms with Crippen LogP contribution in [-0.4, -0.2) is 46.6 Å². The summed E-state index contributed by atoms with van der Waals surface area (Å²) >= 11 is 0. The second kappa shape index (κ2) is 9.22. The van der Waals surface area contributed by atoms with E-state index in [1.807, 2.05) is 4.90 Å². The van der Waals surface area contributed by atoms with E-state index in [4.69, 9.17) is 9.84 Å². The molecule has 24 heavy (non-hydrogen) atoms. The van der Waals surface area contributed by atoms with Crippen molar-refractivity contribution >= 4 is 11.6 Å². The molecular formula is C17H24N2O5. The van der Waals surface area contributed by atoms with Crippen LogP contribution < -0.4 is 4.74 Å². The number of benzene rings is 1. The number of carbonyl (C=O) groups excluding carboxylic acids is 1. The fourth-order valence-electron chi connectivity index (χ4n) is 3.06. The second-order valence-corrected chi connectivity index (χ2v) is 5.93. The number of nitro benzene ring substituents is 1. The number of para-hydroxylation sites is 2. The largest absolute Gasteiger partial charge is 0.487 e. The maximum Gasteiger partial charge on any atom is 0.310 e. The molecule has 0 spiro atoms. The Morgan fingerprint density at radius 1 is 1.38 bits per heavy atom. The van der Waals surface area contributed by atoms with E-state index in [0.29, 0.717) is 19.3 Å². The van der Waals surface area contributed by atoms with Gasteiger partial charge < -0.3 is 14.7 Å². The molecule has 1 atom stereocenters. The molecule has 1 aromatic carbocycles. The number of piperidine rings is 1. The van der Waals surface area contributed by atoms with E-state index in [2.05, 4.69) is 0 Å². The van der Waals surface area contributed by atoms with E-state index in [9.17, 15) is 14.9 Å². The summed E-state index contributed by atoms with van der Waals surface area (Å²) in [6.45, 7) is 1.10. The average molecular weight is 336 g/mol. The number of rotatable bonds is 8. The van der Waals surface area contributed by atoms with Gasteiger partial charge in [0.25, 0.3) is 0 Å². The molecule has 132 valence electrons. The standard InChI is InChI=1S/C17H24N2O5/c20-12-10-14-6-3-4-11-18(14)17(21)9-5-13-24-16-8-2-1-7-15(16)19(22)23/h1-2,7-8,14,20H,3-6,9-13H2. The highest BCUT2D eigenvalue weighted by atomic mass is 16.6. The summed E-state index contributed by atoms with van der Waals surface area (Å²) in [4.78, 5) is 24.6. The first-order valence-electron chi connectivity index (χ1n) is 8.40. The number of hydrogen-bond acceptors (Lipinski definition) is 5.